The van der Waals surface area contributed by atoms with Crippen LogP contribution in [0.4, 0.5) is 0 Å². The molecule has 5 atom stereocenters. The van der Waals surface area contributed by atoms with Gasteiger partial charge in [0.2, 0.25) is 0 Å². The van der Waals surface area contributed by atoms with Crippen molar-refractivity contribution in [1.82, 2.24) is 0 Å². The quantitative estimate of drug-likeness (QED) is 0.422. The first kappa shape index (κ1) is 8.93. The van der Waals surface area contributed by atoms with Crippen LogP contribution in [0.25, 0.3) is 0 Å². The van der Waals surface area contributed by atoms with Gasteiger partial charge in [0, 0.05) is 0 Å². The minimum atomic E-state index is -1.09. The maximum Gasteiger partial charge on any atom is 0.111 e. The fourth-order valence-electron chi connectivity index (χ4n) is 1.26. The van der Waals surface area contributed by atoms with Gasteiger partial charge in [0.1, 0.15) is 18.3 Å². The van der Waals surface area contributed by atoms with Crippen LogP contribution < -0.4 is 0 Å². The number of rotatable bonds is 0. The molecule has 4 nitrogen and oxygen atoms in total. The molecule has 1 aliphatic rings. The van der Waals surface area contributed by atoms with Crippen LogP contribution in [0, 0.1) is 0 Å². The lowest BCUT2D eigenvalue weighted by Gasteiger charge is -2.37. The smallest absolute Gasteiger partial charge is 0.111 e. The molecule has 11 heavy (non-hydrogen) atoms. The Kier molecular flexibility index (Phi) is 2.49. The van der Waals surface area contributed by atoms with Crippen LogP contribution in [-0.2, 0) is 4.74 Å². The normalized spacial score (nSPS) is 52.6. The predicted molar refractivity (Wildman–Crippen MR) is 38.0 cm³/mol. The van der Waals surface area contributed by atoms with Crippen LogP contribution in [-0.4, -0.2) is 45.8 Å². The Balaban J connectivity index is 2.63. The SMILES string of the molecule is CC1O[C@@H](C)[C@H](O)[C@@H](O)[C@H]1O. The van der Waals surface area contributed by atoms with E-state index in [2.05, 4.69) is 0 Å². The summed E-state index contributed by atoms with van der Waals surface area (Å²) in [4.78, 5) is 0. The highest BCUT2D eigenvalue weighted by molar-refractivity contribution is 4.88. The van der Waals surface area contributed by atoms with E-state index in [9.17, 15) is 15.3 Å². The van der Waals surface area contributed by atoms with Crippen LogP contribution >= 0.6 is 0 Å². The van der Waals surface area contributed by atoms with Crippen molar-refractivity contribution in [3.05, 3.63) is 0 Å². The zero-order valence-electron chi connectivity index (χ0n) is 6.64. The van der Waals surface area contributed by atoms with E-state index >= 15 is 0 Å². The van der Waals surface area contributed by atoms with Gasteiger partial charge >= 0.3 is 0 Å². The second kappa shape index (κ2) is 3.06. The van der Waals surface area contributed by atoms with Crippen molar-refractivity contribution >= 4 is 0 Å². The van der Waals surface area contributed by atoms with E-state index in [-0.39, 0.29) is 0 Å². The fourth-order valence-corrected chi connectivity index (χ4v) is 1.26. The summed E-state index contributed by atoms with van der Waals surface area (Å²) in [5.41, 5.74) is 0. The molecule has 0 spiro atoms. The molecule has 1 unspecified atom stereocenters. The van der Waals surface area contributed by atoms with E-state index in [0.717, 1.165) is 0 Å². The number of hydrogen-bond donors (Lipinski definition) is 3. The van der Waals surface area contributed by atoms with Crippen molar-refractivity contribution in [3.8, 4) is 0 Å². The molecule has 1 rings (SSSR count). The van der Waals surface area contributed by atoms with Gasteiger partial charge in [0.15, 0.2) is 0 Å². The van der Waals surface area contributed by atoms with E-state index in [1.807, 2.05) is 0 Å². The molecule has 4 heteroatoms. The number of aliphatic hydroxyl groups excluding tert-OH is 3. The van der Waals surface area contributed by atoms with Gasteiger partial charge in [-0.1, -0.05) is 0 Å². The molecule has 1 fully saturated rings. The first-order valence-corrected chi connectivity index (χ1v) is 3.73. The molecule has 0 aromatic heterocycles. The van der Waals surface area contributed by atoms with Crippen molar-refractivity contribution in [3.63, 3.8) is 0 Å². The van der Waals surface area contributed by atoms with Crippen molar-refractivity contribution < 1.29 is 20.1 Å². The third-order valence-corrected chi connectivity index (χ3v) is 2.09. The largest absolute Gasteiger partial charge is 0.388 e. The summed E-state index contributed by atoms with van der Waals surface area (Å²) in [5, 5.41) is 27.6. The zero-order valence-corrected chi connectivity index (χ0v) is 6.64. The van der Waals surface area contributed by atoms with Crippen molar-refractivity contribution in [2.75, 3.05) is 0 Å². The molecule has 1 aliphatic heterocycles. The summed E-state index contributed by atoms with van der Waals surface area (Å²) >= 11 is 0. The third-order valence-electron chi connectivity index (χ3n) is 2.09. The van der Waals surface area contributed by atoms with Crippen LogP contribution in [0.2, 0.25) is 0 Å². The van der Waals surface area contributed by atoms with E-state index in [4.69, 9.17) is 4.74 Å². The number of ether oxygens (including phenoxy) is 1. The number of aliphatic hydroxyl groups is 3. The molecule has 0 aromatic rings. The highest BCUT2D eigenvalue weighted by Gasteiger charge is 2.39. The minimum Gasteiger partial charge on any atom is -0.388 e. The Bertz CT molecular complexity index is 124. The van der Waals surface area contributed by atoms with E-state index in [1.165, 1.54) is 0 Å². The van der Waals surface area contributed by atoms with E-state index < -0.39 is 30.5 Å². The Labute approximate surface area is 65.4 Å². The lowest BCUT2D eigenvalue weighted by molar-refractivity contribution is -0.211. The minimum absolute atomic E-state index is 0.414. The second-order valence-electron chi connectivity index (χ2n) is 3.02. The number of hydrogen-bond acceptors (Lipinski definition) is 4. The molecule has 0 aromatic carbocycles. The molecule has 3 N–H and O–H groups in total. The Morgan fingerprint density at radius 1 is 0.818 bits per heavy atom. The first-order chi connectivity index (χ1) is 5.04. The molecule has 0 aliphatic carbocycles. The third kappa shape index (κ3) is 1.54. The highest BCUT2D eigenvalue weighted by Crippen LogP contribution is 2.19. The highest BCUT2D eigenvalue weighted by atomic mass is 16.5. The molecule has 0 radical (unpaired) electrons. The Hall–Kier alpha value is -0.160. The summed E-state index contributed by atoms with van der Waals surface area (Å²) in [6.07, 6.45) is -3.89. The molecule has 0 amide bonds. The standard InChI is InChI=1S/C7H14O4/c1-3-5(8)7(10)6(9)4(2)11-3/h3-10H,1-2H3/t3-,4?,5-,6-,7+/m0/s1. The predicted octanol–water partition coefficient (Wildman–Crippen LogP) is -1.12. The van der Waals surface area contributed by atoms with Gasteiger partial charge in [-0.3, -0.25) is 0 Å². The second-order valence-corrected chi connectivity index (χ2v) is 3.02. The average Bonchev–Trinajstić information content (AvgIpc) is 1.97. The molecule has 1 heterocycles. The zero-order chi connectivity index (χ0) is 8.59. The van der Waals surface area contributed by atoms with Gasteiger partial charge in [-0.15, -0.1) is 0 Å². The lowest BCUT2D eigenvalue weighted by atomic mass is 9.97. The van der Waals surface area contributed by atoms with Crippen LogP contribution in [0.1, 0.15) is 13.8 Å². The summed E-state index contributed by atoms with van der Waals surface area (Å²) in [7, 11) is 0. The maximum atomic E-state index is 9.21. The lowest BCUT2D eigenvalue weighted by Crippen LogP contribution is -2.55. The van der Waals surface area contributed by atoms with Gasteiger partial charge in [-0.25, -0.2) is 0 Å². The maximum absolute atomic E-state index is 9.21. The van der Waals surface area contributed by atoms with Gasteiger partial charge in [-0.2, -0.15) is 0 Å². The average molecular weight is 162 g/mol. The topological polar surface area (TPSA) is 69.9 Å². The Morgan fingerprint density at radius 3 is 1.55 bits per heavy atom. The molecular formula is C7H14O4. The summed E-state index contributed by atoms with van der Waals surface area (Å²) < 4.78 is 5.12. The monoisotopic (exact) mass is 162 g/mol. The molecule has 0 bridgehead atoms. The van der Waals surface area contributed by atoms with Crippen LogP contribution in [0.15, 0.2) is 0 Å². The van der Waals surface area contributed by atoms with Crippen molar-refractivity contribution in [2.45, 2.75) is 44.4 Å². The van der Waals surface area contributed by atoms with E-state index in [0.29, 0.717) is 0 Å². The molecule has 0 saturated carbocycles. The van der Waals surface area contributed by atoms with Crippen molar-refractivity contribution in [1.29, 1.82) is 0 Å². The molecular weight excluding hydrogens is 148 g/mol. The summed E-state index contributed by atoms with van der Waals surface area (Å²) in [6.45, 7) is 3.33. The molecule has 1 saturated heterocycles. The van der Waals surface area contributed by atoms with Gasteiger partial charge in [-0.05, 0) is 13.8 Å². The van der Waals surface area contributed by atoms with E-state index in [1.54, 1.807) is 13.8 Å². The van der Waals surface area contributed by atoms with Crippen LogP contribution in [0.5, 0.6) is 0 Å². The fraction of sp³-hybridized carbons (Fsp3) is 1.00. The first-order valence-electron chi connectivity index (χ1n) is 3.73. The summed E-state index contributed by atoms with van der Waals surface area (Å²) in [5.74, 6) is 0. The summed E-state index contributed by atoms with van der Waals surface area (Å²) in [6, 6.07) is 0. The van der Waals surface area contributed by atoms with Gasteiger partial charge in [0.05, 0.1) is 12.2 Å². The van der Waals surface area contributed by atoms with Crippen molar-refractivity contribution in [2.24, 2.45) is 0 Å². The van der Waals surface area contributed by atoms with Crippen LogP contribution in [0.3, 0.4) is 0 Å². The molecule has 66 valence electrons. The van der Waals surface area contributed by atoms with Gasteiger partial charge in [0.25, 0.3) is 0 Å². The van der Waals surface area contributed by atoms with Gasteiger partial charge < -0.3 is 20.1 Å². The Morgan fingerprint density at radius 2 is 1.18 bits per heavy atom.